The maximum absolute atomic E-state index is 8.35. The maximum atomic E-state index is 8.35. The predicted molar refractivity (Wildman–Crippen MR) is 50.4 cm³/mol. The van der Waals surface area contributed by atoms with E-state index in [2.05, 4.69) is 6.07 Å². The minimum Gasteiger partial charge on any atom is -0.198 e. The first kappa shape index (κ1) is 9.38. The van der Waals surface area contributed by atoms with Gasteiger partial charge in [0.1, 0.15) is 0 Å². The van der Waals surface area contributed by atoms with Gasteiger partial charge < -0.3 is 0 Å². The maximum Gasteiger partial charge on any atom is 0.0625 e. The molecular formula is C9H7Cl2N. The first-order chi connectivity index (χ1) is 5.74. The standard InChI is InChI=1S/C9H7Cl2N/c10-8-4-3-7(2-1-5-12)9(11)6-8/h3-4,6H,1-2H2. The molecular weight excluding hydrogens is 193 g/mol. The van der Waals surface area contributed by atoms with E-state index in [9.17, 15) is 0 Å². The van der Waals surface area contributed by atoms with Gasteiger partial charge in [-0.2, -0.15) is 5.26 Å². The number of nitrogens with zero attached hydrogens (tertiary/aromatic N) is 1. The molecule has 12 heavy (non-hydrogen) atoms. The van der Waals surface area contributed by atoms with Gasteiger partial charge in [0.25, 0.3) is 0 Å². The number of halogens is 2. The number of rotatable bonds is 2. The van der Waals surface area contributed by atoms with Crippen molar-refractivity contribution < 1.29 is 0 Å². The van der Waals surface area contributed by atoms with Crippen LogP contribution >= 0.6 is 23.2 Å². The van der Waals surface area contributed by atoms with Crippen molar-refractivity contribution >= 4 is 23.2 Å². The lowest BCUT2D eigenvalue weighted by atomic mass is 10.1. The van der Waals surface area contributed by atoms with Crippen LogP contribution in [0.3, 0.4) is 0 Å². The van der Waals surface area contributed by atoms with Crippen LogP contribution in [0, 0.1) is 11.3 Å². The summed E-state index contributed by atoms with van der Waals surface area (Å²) in [6.07, 6.45) is 1.17. The highest BCUT2D eigenvalue weighted by atomic mass is 35.5. The summed E-state index contributed by atoms with van der Waals surface area (Å²) in [6.45, 7) is 0. The Labute approximate surface area is 81.5 Å². The Morgan fingerprint density at radius 1 is 1.33 bits per heavy atom. The molecule has 0 saturated heterocycles. The van der Waals surface area contributed by atoms with E-state index in [0.717, 1.165) is 5.56 Å². The van der Waals surface area contributed by atoms with E-state index in [-0.39, 0.29) is 0 Å². The van der Waals surface area contributed by atoms with Gasteiger partial charge >= 0.3 is 0 Å². The Kier molecular flexibility index (Phi) is 3.40. The molecule has 0 aliphatic carbocycles. The lowest BCUT2D eigenvalue weighted by Gasteiger charge is -2.00. The zero-order chi connectivity index (χ0) is 8.97. The number of benzene rings is 1. The fourth-order valence-electron chi connectivity index (χ4n) is 0.915. The van der Waals surface area contributed by atoms with Gasteiger partial charge in [-0.25, -0.2) is 0 Å². The largest absolute Gasteiger partial charge is 0.198 e. The van der Waals surface area contributed by atoms with Crippen LogP contribution in [0.25, 0.3) is 0 Å². The van der Waals surface area contributed by atoms with Gasteiger partial charge in [0.15, 0.2) is 0 Å². The lowest BCUT2D eigenvalue weighted by Crippen LogP contribution is -1.84. The second-order valence-corrected chi connectivity index (χ2v) is 3.24. The van der Waals surface area contributed by atoms with E-state index in [1.807, 2.05) is 6.07 Å². The van der Waals surface area contributed by atoms with Crippen molar-refractivity contribution in [3.8, 4) is 6.07 Å². The summed E-state index contributed by atoms with van der Waals surface area (Å²) >= 11 is 11.6. The molecule has 1 rings (SSSR count). The molecule has 1 aromatic rings. The molecule has 0 saturated carbocycles. The average Bonchev–Trinajstić information content (AvgIpc) is 2.03. The van der Waals surface area contributed by atoms with Crippen molar-refractivity contribution in [3.63, 3.8) is 0 Å². The van der Waals surface area contributed by atoms with Crippen LogP contribution in [0.5, 0.6) is 0 Å². The monoisotopic (exact) mass is 199 g/mol. The molecule has 0 heterocycles. The molecule has 0 N–H and O–H groups in total. The third-order valence-corrected chi connectivity index (χ3v) is 2.11. The normalized spacial score (nSPS) is 9.42. The molecule has 0 unspecified atom stereocenters. The second kappa shape index (κ2) is 4.35. The topological polar surface area (TPSA) is 23.8 Å². The molecule has 0 amide bonds. The molecule has 3 heteroatoms. The molecule has 62 valence electrons. The molecule has 0 spiro atoms. The van der Waals surface area contributed by atoms with Crippen molar-refractivity contribution in [1.29, 1.82) is 5.26 Å². The summed E-state index contributed by atoms with van der Waals surface area (Å²) in [5, 5.41) is 9.62. The van der Waals surface area contributed by atoms with Gasteiger partial charge in [0.05, 0.1) is 6.07 Å². The van der Waals surface area contributed by atoms with E-state index < -0.39 is 0 Å². The van der Waals surface area contributed by atoms with Gasteiger partial charge in [0.2, 0.25) is 0 Å². The van der Waals surface area contributed by atoms with Crippen LogP contribution in [-0.4, -0.2) is 0 Å². The van der Waals surface area contributed by atoms with Crippen molar-refractivity contribution in [3.05, 3.63) is 33.8 Å². The van der Waals surface area contributed by atoms with E-state index >= 15 is 0 Å². The SMILES string of the molecule is N#CCCc1ccc(Cl)cc1Cl. The van der Waals surface area contributed by atoms with Gasteiger partial charge in [-0.3, -0.25) is 0 Å². The zero-order valence-corrected chi connectivity index (χ0v) is 7.86. The minimum absolute atomic E-state index is 0.487. The number of aryl methyl sites for hydroxylation is 1. The van der Waals surface area contributed by atoms with Crippen LogP contribution in [0.1, 0.15) is 12.0 Å². The highest BCUT2D eigenvalue weighted by Gasteiger charge is 1.99. The molecule has 0 bridgehead atoms. The van der Waals surface area contributed by atoms with Crippen LogP contribution < -0.4 is 0 Å². The minimum atomic E-state index is 0.487. The summed E-state index contributed by atoms with van der Waals surface area (Å²) in [5.41, 5.74) is 0.975. The molecule has 1 aromatic carbocycles. The Morgan fingerprint density at radius 2 is 2.08 bits per heavy atom. The molecule has 0 aromatic heterocycles. The van der Waals surface area contributed by atoms with Crippen molar-refractivity contribution in [2.75, 3.05) is 0 Å². The third kappa shape index (κ3) is 2.41. The molecule has 0 radical (unpaired) electrons. The number of nitriles is 1. The van der Waals surface area contributed by atoms with E-state index in [0.29, 0.717) is 22.9 Å². The van der Waals surface area contributed by atoms with Gasteiger partial charge in [-0.15, -0.1) is 0 Å². The molecule has 0 aliphatic rings. The van der Waals surface area contributed by atoms with Gasteiger partial charge in [-0.05, 0) is 24.1 Å². The average molecular weight is 200 g/mol. The quantitative estimate of drug-likeness (QED) is 0.717. The van der Waals surface area contributed by atoms with Crippen LogP contribution in [0.15, 0.2) is 18.2 Å². The summed E-state index contributed by atoms with van der Waals surface area (Å²) < 4.78 is 0. The number of hydrogen-bond acceptors (Lipinski definition) is 1. The summed E-state index contributed by atoms with van der Waals surface area (Å²) in [4.78, 5) is 0. The Hall–Kier alpha value is -0.710. The molecule has 0 aliphatic heterocycles. The van der Waals surface area contributed by atoms with E-state index in [4.69, 9.17) is 28.5 Å². The predicted octanol–water partition coefficient (Wildman–Crippen LogP) is 3.45. The first-order valence-corrected chi connectivity index (χ1v) is 4.30. The highest BCUT2D eigenvalue weighted by molar-refractivity contribution is 6.35. The van der Waals surface area contributed by atoms with Crippen LogP contribution in [-0.2, 0) is 6.42 Å². The smallest absolute Gasteiger partial charge is 0.0625 e. The second-order valence-electron chi connectivity index (χ2n) is 2.39. The van der Waals surface area contributed by atoms with Crippen molar-refractivity contribution in [2.24, 2.45) is 0 Å². The molecule has 1 nitrogen and oxygen atoms in total. The number of hydrogen-bond donors (Lipinski definition) is 0. The summed E-state index contributed by atoms with van der Waals surface area (Å²) in [7, 11) is 0. The highest BCUT2D eigenvalue weighted by Crippen LogP contribution is 2.21. The molecule has 0 fully saturated rings. The molecule has 0 atom stereocenters. The first-order valence-electron chi connectivity index (χ1n) is 3.55. The van der Waals surface area contributed by atoms with Crippen molar-refractivity contribution in [1.82, 2.24) is 0 Å². The third-order valence-electron chi connectivity index (χ3n) is 1.52. The van der Waals surface area contributed by atoms with E-state index in [1.54, 1.807) is 12.1 Å². The van der Waals surface area contributed by atoms with Crippen LogP contribution in [0.4, 0.5) is 0 Å². The van der Waals surface area contributed by atoms with Gasteiger partial charge in [0, 0.05) is 16.5 Å². The summed E-state index contributed by atoms with van der Waals surface area (Å²) in [5.74, 6) is 0. The fourth-order valence-corrected chi connectivity index (χ4v) is 1.42. The summed E-state index contributed by atoms with van der Waals surface area (Å²) in [6, 6.07) is 7.38. The zero-order valence-electron chi connectivity index (χ0n) is 6.35. The lowest BCUT2D eigenvalue weighted by molar-refractivity contribution is 1.01. The fraction of sp³-hybridized carbons (Fsp3) is 0.222. The van der Waals surface area contributed by atoms with Crippen molar-refractivity contribution in [2.45, 2.75) is 12.8 Å². The Balaban J connectivity index is 2.81. The van der Waals surface area contributed by atoms with E-state index in [1.165, 1.54) is 0 Å². The van der Waals surface area contributed by atoms with Crippen LogP contribution in [0.2, 0.25) is 10.0 Å². The van der Waals surface area contributed by atoms with Gasteiger partial charge in [-0.1, -0.05) is 29.3 Å². The Morgan fingerprint density at radius 3 is 2.67 bits per heavy atom. The Bertz CT molecular complexity index is 315.